The lowest BCUT2D eigenvalue weighted by Gasteiger charge is -1.85. The van der Waals surface area contributed by atoms with E-state index >= 15 is 0 Å². The number of imidazole rings is 1. The van der Waals surface area contributed by atoms with Gasteiger partial charge in [0.05, 0.1) is 5.69 Å². The molecule has 0 bridgehead atoms. The molecule has 1 heterocycles. The maximum absolute atomic E-state index is 4.09. The Hall–Kier alpha value is -0.310. The summed E-state index contributed by atoms with van der Waals surface area (Å²) in [5.41, 5.74) is 1.04. The smallest absolute Gasteiger partial charge is 0.177 e. The van der Waals surface area contributed by atoms with Gasteiger partial charge in [0.2, 0.25) is 0 Å². The summed E-state index contributed by atoms with van der Waals surface area (Å²) in [6, 6.07) is 0. The molecule has 0 fully saturated rings. The van der Waals surface area contributed by atoms with Crippen LogP contribution in [0.15, 0.2) is 10.9 Å². The van der Waals surface area contributed by atoms with Crippen molar-refractivity contribution in [1.82, 2.24) is 9.55 Å². The van der Waals surface area contributed by atoms with Crippen LogP contribution < -0.4 is 0 Å². The molecular weight excluding hydrogens is 168 g/mol. The van der Waals surface area contributed by atoms with Crippen LogP contribution >= 0.6 is 15.9 Å². The fourth-order valence-corrected chi connectivity index (χ4v) is 0.969. The Bertz CT molecular complexity index is 173. The Morgan fingerprint density at radius 3 is 2.50 bits per heavy atom. The summed E-state index contributed by atoms with van der Waals surface area (Å²) in [5, 5.41) is 0. The van der Waals surface area contributed by atoms with Gasteiger partial charge in [-0.3, -0.25) is 0 Å². The minimum Gasteiger partial charge on any atom is -0.328 e. The highest BCUT2D eigenvalue weighted by atomic mass is 79.9. The molecule has 44 valence electrons. The van der Waals surface area contributed by atoms with E-state index in [9.17, 15) is 0 Å². The fraction of sp³-hybridized carbons (Fsp3) is 0.400. The van der Waals surface area contributed by atoms with Gasteiger partial charge in [-0.05, 0) is 22.9 Å². The molecule has 1 rings (SSSR count). The average molecular weight is 175 g/mol. The van der Waals surface area contributed by atoms with Crippen molar-refractivity contribution in [3.8, 4) is 0 Å². The van der Waals surface area contributed by atoms with Crippen LogP contribution in [0, 0.1) is 6.92 Å². The molecule has 0 aliphatic heterocycles. The molecule has 0 radical (unpaired) electrons. The van der Waals surface area contributed by atoms with Gasteiger partial charge in [-0.2, -0.15) is 0 Å². The third-order valence-electron chi connectivity index (χ3n) is 0.940. The Morgan fingerprint density at radius 2 is 2.38 bits per heavy atom. The first kappa shape index (κ1) is 5.82. The number of hydrogen-bond donors (Lipinski definition) is 0. The first-order valence-corrected chi connectivity index (χ1v) is 3.15. The summed E-state index contributed by atoms with van der Waals surface area (Å²) in [5.74, 6) is 0. The molecule has 0 saturated heterocycles. The van der Waals surface area contributed by atoms with Crippen LogP contribution in [0.3, 0.4) is 0 Å². The van der Waals surface area contributed by atoms with Crippen LogP contribution in [-0.4, -0.2) is 9.55 Å². The van der Waals surface area contributed by atoms with Crippen LogP contribution in [0.25, 0.3) is 0 Å². The number of nitrogens with zero attached hydrogens (tertiary/aromatic N) is 2. The highest BCUT2D eigenvalue weighted by Gasteiger charge is 1.93. The summed E-state index contributed by atoms with van der Waals surface area (Å²) < 4.78 is 2.81. The number of aromatic nitrogens is 2. The highest BCUT2D eigenvalue weighted by molar-refractivity contribution is 9.10. The van der Waals surface area contributed by atoms with Gasteiger partial charge in [-0.15, -0.1) is 0 Å². The Morgan fingerprint density at radius 1 is 1.75 bits per heavy atom. The van der Waals surface area contributed by atoms with Crippen molar-refractivity contribution in [2.24, 2.45) is 7.05 Å². The van der Waals surface area contributed by atoms with Crippen molar-refractivity contribution in [3.05, 3.63) is 16.6 Å². The first-order valence-electron chi connectivity index (χ1n) is 2.35. The van der Waals surface area contributed by atoms with E-state index in [1.807, 2.05) is 24.7 Å². The lowest BCUT2D eigenvalue weighted by Crippen LogP contribution is -1.82. The van der Waals surface area contributed by atoms with Gasteiger partial charge in [0, 0.05) is 13.2 Å². The monoisotopic (exact) mass is 174 g/mol. The molecule has 1 aromatic heterocycles. The standard InChI is InChI=1S/C5H7BrN2/c1-4-3-8(2)5(6)7-4/h3H,1-2H3. The fourth-order valence-electron chi connectivity index (χ4n) is 0.587. The number of hydrogen-bond acceptors (Lipinski definition) is 1. The molecule has 0 aliphatic carbocycles. The zero-order valence-electron chi connectivity index (χ0n) is 4.85. The first-order chi connectivity index (χ1) is 3.70. The third kappa shape index (κ3) is 0.916. The summed E-state index contributed by atoms with van der Waals surface area (Å²) in [4.78, 5) is 4.09. The van der Waals surface area contributed by atoms with Gasteiger partial charge in [0.25, 0.3) is 0 Å². The molecule has 0 unspecified atom stereocenters. The zero-order chi connectivity index (χ0) is 6.15. The number of rotatable bonds is 0. The molecule has 0 N–H and O–H groups in total. The summed E-state index contributed by atoms with van der Waals surface area (Å²) in [6.07, 6.45) is 1.96. The molecule has 3 heteroatoms. The maximum Gasteiger partial charge on any atom is 0.177 e. The van der Waals surface area contributed by atoms with Gasteiger partial charge < -0.3 is 4.57 Å². The topological polar surface area (TPSA) is 17.8 Å². The average Bonchev–Trinajstić information content (AvgIpc) is 1.85. The second-order valence-electron chi connectivity index (χ2n) is 1.76. The van der Waals surface area contributed by atoms with E-state index in [0.717, 1.165) is 10.4 Å². The molecule has 8 heavy (non-hydrogen) atoms. The van der Waals surface area contributed by atoms with Crippen molar-refractivity contribution < 1.29 is 0 Å². The molecule has 0 spiro atoms. The van der Waals surface area contributed by atoms with Crippen LogP contribution in [0.1, 0.15) is 5.69 Å². The molecule has 0 amide bonds. The van der Waals surface area contributed by atoms with E-state index in [4.69, 9.17) is 0 Å². The predicted octanol–water partition coefficient (Wildman–Crippen LogP) is 1.49. The van der Waals surface area contributed by atoms with Crippen molar-refractivity contribution in [2.75, 3.05) is 0 Å². The van der Waals surface area contributed by atoms with Crippen molar-refractivity contribution in [3.63, 3.8) is 0 Å². The highest BCUT2D eigenvalue weighted by Crippen LogP contribution is 2.05. The van der Waals surface area contributed by atoms with Crippen molar-refractivity contribution in [1.29, 1.82) is 0 Å². The lowest BCUT2D eigenvalue weighted by molar-refractivity contribution is 0.881. The summed E-state index contributed by atoms with van der Waals surface area (Å²) in [6.45, 7) is 1.96. The number of aryl methyl sites for hydroxylation is 2. The van der Waals surface area contributed by atoms with E-state index in [1.54, 1.807) is 0 Å². The minimum absolute atomic E-state index is 0.884. The largest absolute Gasteiger partial charge is 0.328 e. The summed E-state index contributed by atoms with van der Waals surface area (Å²) >= 11 is 3.27. The van der Waals surface area contributed by atoms with Crippen molar-refractivity contribution in [2.45, 2.75) is 6.92 Å². The van der Waals surface area contributed by atoms with E-state index in [0.29, 0.717) is 0 Å². The third-order valence-corrected chi connectivity index (χ3v) is 1.68. The zero-order valence-corrected chi connectivity index (χ0v) is 6.44. The Kier molecular flexibility index (Phi) is 1.38. The van der Waals surface area contributed by atoms with Gasteiger partial charge in [0.1, 0.15) is 0 Å². The second-order valence-corrected chi connectivity index (χ2v) is 2.47. The maximum atomic E-state index is 4.09. The Labute approximate surface area is 56.7 Å². The van der Waals surface area contributed by atoms with E-state index in [2.05, 4.69) is 20.9 Å². The van der Waals surface area contributed by atoms with Crippen LogP contribution in [0.2, 0.25) is 0 Å². The van der Waals surface area contributed by atoms with E-state index in [-0.39, 0.29) is 0 Å². The predicted molar refractivity (Wildman–Crippen MR) is 35.6 cm³/mol. The summed E-state index contributed by atoms with van der Waals surface area (Å²) in [7, 11) is 1.95. The normalized spacial score (nSPS) is 9.88. The lowest BCUT2D eigenvalue weighted by atomic mass is 10.6. The van der Waals surface area contributed by atoms with Crippen molar-refractivity contribution >= 4 is 15.9 Å². The second kappa shape index (κ2) is 1.90. The minimum atomic E-state index is 0.884. The molecule has 2 nitrogen and oxygen atoms in total. The Balaban J connectivity index is 3.14. The van der Waals surface area contributed by atoms with Gasteiger partial charge in [0.15, 0.2) is 4.73 Å². The van der Waals surface area contributed by atoms with Gasteiger partial charge in [-0.1, -0.05) is 0 Å². The molecule has 0 atom stereocenters. The molecule has 0 saturated carbocycles. The molecular formula is C5H7BrN2. The van der Waals surface area contributed by atoms with E-state index < -0.39 is 0 Å². The molecule has 0 aromatic carbocycles. The van der Waals surface area contributed by atoms with Gasteiger partial charge in [-0.25, -0.2) is 4.98 Å². The quantitative estimate of drug-likeness (QED) is 0.584. The molecule has 0 aliphatic rings. The van der Waals surface area contributed by atoms with Gasteiger partial charge >= 0.3 is 0 Å². The molecule has 1 aromatic rings. The van der Waals surface area contributed by atoms with Crippen LogP contribution in [0.5, 0.6) is 0 Å². The number of halogens is 1. The van der Waals surface area contributed by atoms with E-state index in [1.165, 1.54) is 0 Å². The SMILES string of the molecule is Cc1cn(C)c(Br)n1. The van der Waals surface area contributed by atoms with Crippen LogP contribution in [0.4, 0.5) is 0 Å². The van der Waals surface area contributed by atoms with Crippen LogP contribution in [-0.2, 0) is 7.05 Å².